The van der Waals surface area contributed by atoms with E-state index in [1.807, 2.05) is 20.8 Å². The third-order valence-electron chi connectivity index (χ3n) is 8.45. The van der Waals surface area contributed by atoms with Gasteiger partial charge in [-0.15, -0.1) is 13.2 Å². The molecule has 6 atom stereocenters. The van der Waals surface area contributed by atoms with E-state index in [4.69, 9.17) is 4.74 Å². The molecule has 3 aliphatic heterocycles. The summed E-state index contributed by atoms with van der Waals surface area (Å²) < 4.78 is 6.62. The van der Waals surface area contributed by atoms with E-state index >= 15 is 0 Å². The number of hydrogen-bond acceptors (Lipinski definition) is 5. The fraction of sp³-hybridized carbons (Fsp3) is 0.767. The molecule has 0 aliphatic carbocycles. The van der Waals surface area contributed by atoms with Gasteiger partial charge in [0.05, 0.1) is 30.6 Å². The maximum atomic E-state index is 14.3. The molecule has 0 aromatic heterocycles. The van der Waals surface area contributed by atoms with Crippen molar-refractivity contribution < 1.29 is 24.2 Å². The molecule has 3 saturated heterocycles. The lowest BCUT2D eigenvalue weighted by Crippen LogP contribution is -2.59. The largest absolute Gasteiger partial charge is 0.394 e. The first-order chi connectivity index (χ1) is 18.2. The summed E-state index contributed by atoms with van der Waals surface area (Å²) in [4.78, 5) is 47.7. The Kier molecular flexibility index (Phi) is 10.6. The first-order valence-electron chi connectivity index (χ1n) is 14.6. The molecule has 214 valence electrons. The molecule has 1 spiro atoms. The molecule has 0 aromatic rings. The number of rotatable bonds is 16. The molecule has 3 aliphatic rings. The van der Waals surface area contributed by atoms with Crippen molar-refractivity contribution in [1.82, 2.24) is 14.7 Å². The van der Waals surface area contributed by atoms with Gasteiger partial charge in [-0.25, -0.2) is 0 Å². The third kappa shape index (κ3) is 5.57. The second kappa shape index (κ2) is 13.2. The number of aliphatic hydroxyl groups is 1. The van der Waals surface area contributed by atoms with Crippen LogP contribution >= 0.6 is 0 Å². The van der Waals surface area contributed by atoms with E-state index < -0.39 is 29.5 Å². The maximum Gasteiger partial charge on any atom is 0.248 e. The predicted octanol–water partition coefficient (Wildman–Crippen LogP) is 3.40. The van der Waals surface area contributed by atoms with Crippen LogP contribution in [0.3, 0.4) is 0 Å². The van der Waals surface area contributed by atoms with Gasteiger partial charge >= 0.3 is 0 Å². The number of aliphatic hydroxyl groups excluding tert-OH is 1. The van der Waals surface area contributed by atoms with Crippen molar-refractivity contribution >= 4 is 17.7 Å². The van der Waals surface area contributed by atoms with Crippen LogP contribution in [0, 0.1) is 17.8 Å². The Labute approximate surface area is 229 Å². The van der Waals surface area contributed by atoms with Crippen molar-refractivity contribution in [2.45, 2.75) is 96.4 Å². The summed E-state index contributed by atoms with van der Waals surface area (Å²) in [7, 11) is 0. The van der Waals surface area contributed by atoms with E-state index in [2.05, 4.69) is 20.1 Å². The van der Waals surface area contributed by atoms with Crippen molar-refractivity contribution in [3.05, 3.63) is 25.3 Å². The van der Waals surface area contributed by atoms with Crippen LogP contribution < -0.4 is 0 Å². The predicted molar refractivity (Wildman–Crippen MR) is 148 cm³/mol. The third-order valence-corrected chi connectivity index (χ3v) is 8.45. The molecular formula is C30H49N3O5. The van der Waals surface area contributed by atoms with Crippen LogP contribution in [0.2, 0.25) is 0 Å². The molecule has 1 N–H and O–H groups in total. The Morgan fingerprint density at radius 2 is 1.76 bits per heavy atom. The first-order valence-corrected chi connectivity index (χ1v) is 14.6. The lowest BCUT2D eigenvalue weighted by atomic mass is 9.70. The second-order valence-corrected chi connectivity index (χ2v) is 11.6. The highest BCUT2D eigenvalue weighted by atomic mass is 16.5. The number of amides is 3. The summed E-state index contributed by atoms with van der Waals surface area (Å²) in [5.74, 6) is -1.64. The zero-order valence-electron chi connectivity index (χ0n) is 23.9. The molecular weight excluding hydrogens is 482 g/mol. The standard InChI is InChI=1S/C30H49N3O5/c1-7-11-12-18-32(17-10-4)29(37)26-30-14-13-23(38-30)24(27(35)31(15-8-2)16-9-3)25(30)28(36)33(26)22(20-34)19-21(5)6/h8,10,21-26,34H,2,4,7,9,11-20H2,1,3,5-6H3/t22-,23-,24+,25+,26?,30?/m1/s1. The minimum Gasteiger partial charge on any atom is -0.394 e. The van der Waals surface area contributed by atoms with E-state index in [0.717, 1.165) is 25.7 Å². The van der Waals surface area contributed by atoms with Crippen LogP contribution in [-0.4, -0.2) is 94.1 Å². The highest BCUT2D eigenvalue weighted by Crippen LogP contribution is 2.59. The van der Waals surface area contributed by atoms with Gasteiger partial charge in [0.25, 0.3) is 0 Å². The average Bonchev–Trinajstić information content (AvgIpc) is 3.53. The number of likely N-dealkylation sites (tertiary alicyclic amines) is 1. The summed E-state index contributed by atoms with van der Waals surface area (Å²) in [5.41, 5.74) is -1.06. The second-order valence-electron chi connectivity index (χ2n) is 11.6. The Morgan fingerprint density at radius 1 is 1.11 bits per heavy atom. The fourth-order valence-electron chi connectivity index (χ4n) is 6.97. The molecule has 3 fully saturated rings. The molecule has 38 heavy (non-hydrogen) atoms. The van der Waals surface area contributed by atoms with Crippen LogP contribution in [0.25, 0.3) is 0 Å². The van der Waals surface area contributed by atoms with Gasteiger partial charge in [0.15, 0.2) is 0 Å². The van der Waals surface area contributed by atoms with Gasteiger partial charge in [-0.1, -0.05) is 52.7 Å². The molecule has 0 saturated carbocycles. The minimum atomic E-state index is -1.06. The summed E-state index contributed by atoms with van der Waals surface area (Å²) in [6.45, 7) is 17.6. The number of nitrogens with zero attached hydrogens (tertiary/aromatic N) is 3. The normalized spacial score (nSPS) is 28.5. The monoisotopic (exact) mass is 531 g/mol. The van der Waals surface area contributed by atoms with Crippen LogP contribution in [-0.2, 0) is 19.1 Å². The van der Waals surface area contributed by atoms with Crippen molar-refractivity contribution in [3.8, 4) is 0 Å². The minimum absolute atomic E-state index is 0.0972. The molecule has 3 rings (SSSR count). The van der Waals surface area contributed by atoms with Crippen LogP contribution in [0.4, 0.5) is 0 Å². The van der Waals surface area contributed by atoms with Crippen LogP contribution in [0.5, 0.6) is 0 Å². The van der Waals surface area contributed by atoms with Gasteiger partial charge in [-0.05, 0) is 38.0 Å². The van der Waals surface area contributed by atoms with E-state index in [1.165, 1.54) is 0 Å². The van der Waals surface area contributed by atoms with E-state index in [9.17, 15) is 19.5 Å². The van der Waals surface area contributed by atoms with Gasteiger partial charge in [0.2, 0.25) is 17.7 Å². The van der Waals surface area contributed by atoms with Gasteiger partial charge in [-0.2, -0.15) is 0 Å². The smallest absolute Gasteiger partial charge is 0.248 e. The van der Waals surface area contributed by atoms with Gasteiger partial charge < -0.3 is 24.5 Å². The lowest BCUT2D eigenvalue weighted by molar-refractivity contribution is -0.152. The fourth-order valence-corrected chi connectivity index (χ4v) is 6.97. The first kappa shape index (κ1) is 30.4. The number of unbranched alkanes of at least 4 members (excludes halogenated alkanes) is 2. The number of carbonyl (C=O) groups excluding carboxylic acids is 3. The molecule has 3 amide bonds. The Morgan fingerprint density at radius 3 is 2.32 bits per heavy atom. The highest BCUT2D eigenvalue weighted by Gasteiger charge is 2.75. The highest BCUT2D eigenvalue weighted by molar-refractivity contribution is 5.99. The van der Waals surface area contributed by atoms with Crippen molar-refractivity contribution in [2.75, 3.05) is 32.8 Å². The Hall–Kier alpha value is -2.19. The number of carbonyl (C=O) groups is 3. The van der Waals surface area contributed by atoms with E-state index in [1.54, 1.807) is 26.9 Å². The number of ether oxygens (including phenoxy) is 1. The van der Waals surface area contributed by atoms with Crippen molar-refractivity contribution in [2.24, 2.45) is 17.8 Å². The van der Waals surface area contributed by atoms with Gasteiger partial charge in [-0.3, -0.25) is 14.4 Å². The van der Waals surface area contributed by atoms with Gasteiger partial charge in [0.1, 0.15) is 11.6 Å². The zero-order valence-corrected chi connectivity index (χ0v) is 23.9. The Bertz CT molecular complexity index is 876. The molecule has 2 unspecified atom stereocenters. The van der Waals surface area contributed by atoms with Crippen molar-refractivity contribution in [1.29, 1.82) is 0 Å². The number of fused-ring (bicyclic) bond motifs is 1. The quantitative estimate of drug-likeness (QED) is 0.244. The SMILES string of the molecule is C=CCN(CCCCC)C(=O)C1N([C@@H](CO)CC(C)C)C(=O)[C@@H]2[C@@H](C(=O)N(CC=C)CCC)[C@H]3CCC12O3. The van der Waals surface area contributed by atoms with Crippen molar-refractivity contribution in [3.63, 3.8) is 0 Å². The van der Waals surface area contributed by atoms with Crippen LogP contribution in [0.15, 0.2) is 25.3 Å². The number of hydrogen-bond donors (Lipinski definition) is 1. The van der Waals surface area contributed by atoms with Gasteiger partial charge in [0, 0.05) is 26.2 Å². The summed E-state index contributed by atoms with van der Waals surface area (Å²) in [6.07, 6.45) is 8.48. The average molecular weight is 532 g/mol. The molecule has 2 bridgehead atoms. The van der Waals surface area contributed by atoms with E-state index in [0.29, 0.717) is 45.4 Å². The lowest BCUT2D eigenvalue weighted by Gasteiger charge is -2.39. The zero-order chi connectivity index (χ0) is 28.0. The molecule has 3 heterocycles. The Balaban J connectivity index is 2.06. The summed E-state index contributed by atoms with van der Waals surface area (Å²) in [6, 6.07) is -1.38. The molecule has 0 aromatic carbocycles. The molecule has 8 nitrogen and oxygen atoms in total. The molecule has 8 heteroatoms. The van der Waals surface area contributed by atoms with E-state index in [-0.39, 0.29) is 36.4 Å². The topological polar surface area (TPSA) is 90.4 Å². The molecule has 0 radical (unpaired) electrons. The maximum absolute atomic E-state index is 14.3. The summed E-state index contributed by atoms with van der Waals surface area (Å²) in [5, 5.41) is 10.4. The summed E-state index contributed by atoms with van der Waals surface area (Å²) >= 11 is 0. The van der Waals surface area contributed by atoms with Crippen LogP contribution in [0.1, 0.15) is 72.6 Å².